The van der Waals surface area contributed by atoms with E-state index in [0.717, 1.165) is 18.4 Å². The van der Waals surface area contributed by atoms with Crippen LogP contribution in [0.5, 0.6) is 5.75 Å². The normalized spacial score (nSPS) is 21.0. The van der Waals surface area contributed by atoms with E-state index >= 15 is 0 Å². The van der Waals surface area contributed by atoms with Gasteiger partial charge in [0.2, 0.25) is 10.0 Å². The maximum atomic E-state index is 12.7. The molecular formula is C21H32N2O4S. The summed E-state index contributed by atoms with van der Waals surface area (Å²) in [7, 11) is -3.53. The molecule has 156 valence electrons. The van der Waals surface area contributed by atoms with E-state index in [1.807, 2.05) is 12.1 Å². The molecule has 6 nitrogen and oxygen atoms in total. The molecule has 0 spiro atoms. The second-order valence-electron chi connectivity index (χ2n) is 9.08. The van der Waals surface area contributed by atoms with Gasteiger partial charge in [-0.15, -0.1) is 0 Å². The summed E-state index contributed by atoms with van der Waals surface area (Å²) >= 11 is 0. The first-order chi connectivity index (χ1) is 13.1. The standard InChI is InChI=1S/C21H32N2O4S/c1-21(2,3)16-10-11-18-17(12-16)23(28(4,25)26)14-19(27-18)20(24)22-13-15-8-6-5-7-9-15/h10-12,15,19H,5-9,13-14H2,1-4H3,(H,22,24)/t19-/m1/s1. The number of nitrogens with zero attached hydrogens (tertiary/aromatic N) is 1. The minimum absolute atomic E-state index is 0.00404. The lowest BCUT2D eigenvalue weighted by Gasteiger charge is -2.35. The molecule has 0 bridgehead atoms. The third kappa shape index (κ3) is 4.80. The van der Waals surface area contributed by atoms with Crippen LogP contribution in [0.3, 0.4) is 0 Å². The Hall–Kier alpha value is -1.76. The zero-order chi connectivity index (χ0) is 20.5. The Morgan fingerprint density at radius 2 is 1.89 bits per heavy atom. The second-order valence-corrected chi connectivity index (χ2v) is 11.0. The third-order valence-electron chi connectivity index (χ3n) is 5.68. The SMILES string of the molecule is CC(C)(C)c1ccc2c(c1)N(S(C)(=O)=O)C[C@H](C(=O)NCC1CCCCC1)O2. The highest BCUT2D eigenvalue weighted by atomic mass is 32.2. The average molecular weight is 409 g/mol. The summed E-state index contributed by atoms with van der Waals surface area (Å²) in [5.41, 5.74) is 1.40. The van der Waals surface area contributed by atoms with Gasteiger partial charge in [0, 0.05) is 6.54 Å². The molecule has 1 N–H and O–H groups in total. The molecule has 0 saturated heterocycles. The second kappa shape index (κ2) is 7.93. The molecular weight excluding hydrogens is 376 g/mol. The fourth-order valence-corrected chi connectivity index (χ4v) is 4.82. The Kier molecular flexibility index (Phi) is 5.94. The molecule has 0 unspecified atom stereocenters. The number of anilines is 1. The van der Waals surface area contributed by atoms with Gasteiger partial charge in [0.25, 0.3) is 5.91 Å². The Balaban J connectivity index is 1.79. The van der Waals surface area contributed by atoms with Gasteiger partial charge in [0.05, 0.1) is 18.5 Å². The van der Waals surface area contributed by atoms with Crippen LogP contribution in [0.15, 0.2) is 18.2 Å². The number of sulfonamides is 1. The van der Waals surface area contributed by atoms with E-state index in [4.69, 9.17) is 4.74 Å². The highest BCUT2D eigenvalue weighted by Crippen LogP contribution is 2.38. The van der Waals surface area contributed by atoms with Crippen LogP contribution in [0.1, 0.15) is 58.4 Å². The molecule has 1 aliphatic heterocycles. The van der Waals surface area contributed by atoms with Crippen molar-refractivity contribution in [1.82, 2.24) is 5.32 Å². The summed E-state index contributed by atoms with van der Waals surface area (Å²) in [5.74, 6) is 0.696. The summed E-state index contributed by atoms with van der Waals surface area (Å²) in [6, 6.07) is 5.56. The number of ether oxygens (including phenoxy) is 1. The van der Waals surface area contributed by atoms with Crippen molar-refractivity contribution in [3.63, 3.8) is 0 Å². The van der Waals surface area contributed by atoms with Crippen LogP contribution in [-0.4, -0.2) is 39.8 Å². The fraction of sp³-hybridized carbons (Fsp3) is 0.667. The van der Waals surface area contributed by atoms with Crippen LogP contribution in [0.4, 0.5) is 5.69 Å². The van der Waals surface area contributed by atoms with Crippen LogP contribution >= 0.6 is 0 Å². The number of carbonyl (C=O) groups excluding carboxylic acids is 1. The quantitative estimate of drug-likeness (QED) is 0.830. The van der Waals surface area contributed by atoms with Gasteiger partial charge >= 0.3 is 0 Å². The van der Waals surface area contributed by atoms with E-state index in [-0.39, 0.29) is 17.9 Å². The maximum Gasteiger partial charge on any atom is 0.263 e. The predicted octanol–water partition coefficient (Wildman–Crippen LogP) is 3.21. The molecule has 1 atom stereocenters. The highest BCUT2D eigenvalue weighted by molar-refractivity contribution is 7.92. The van der Waals surface area contributed by atoms with Crippen molar-refractivity contribution in [3.8, 4) is 5.75 Å². The van der Waals surface area contributed by atoms with E-state index in [0.29, 0.717) is 23.9 Å². The van der Waals surface area contributed by atoms with Gasteiger partial charge in [-0.2, -0.15) is 0 Å². The smallest absolute Gasteiger partial charge is 0.263 e. The fourth-order valence-electron chi connectivity index (χ4n) is 3.92. The van der Waals surface area contributed by atoms with Crippen molar-refractivity contribution in [1.29, 1.82) is 0 Å². The third-order valence-corrected chi connectivity index (χ3v) is 6.82. The first-order valence-electron chi connectivity index (χ1n) is 10.1. The topological polar surface area (TPSA) is 75.7 Å². The van der Waals surface area contributed by atoms with Crippen molar-refractivity contribution >= 4 is 21.6 Å². The minimum Gasteiger partial charge on any atom is -0.476 e. The molecule has 2 aliphatic rings. The van der Waals surface area contributed by atoms with Crippen molar-refractivity contribution in [3.05, 3.63) is 23.8 Å². The lowest BCUT2D eigenvalue weighted by molar-refractivity contribution is -0.128. The zero-order valence-corrected chi connectivity index (χ0v) is 18.1. The molecule has 1 aromatic rings. The van der Waals surface area contributed by atoms with E-state index in [2.05, 4.69) is 26.1 Å². The van der Waals surface area contributed by atoms with Crippen LogP contribution < -0.4 is 14.4 Å². The summed E-state index contributed by atoms with van der Waals surface area (Å²) < 4.78 is 32.1. The van der Waals surface area contributed by atoms with E-state index in [1.165, 1.54) is 29.8 Å². The summed E-state index contributed by atoms with van der Waals surface area (Å²) in [6.07, 6.45) is 6.30. The van der Waals surface area contributed by atoms with E-state index in [9.17, 15) is 13.2 Å². The van der Waals surface area contributed by atoms with Gasteiger partial charge in [0.15, 0.2) is 6.10 Å². The number of carbonyl (C=O) groups is 1. The van der Waals surface area contributed by atoms with Crippen LogP contribution in [0.25, 0.3) is 0 Å². The largest absolute Gasteiger partial charge is 0.476 e. The Bertz CT molecular complexity index is 823. The first kappa shape index (κ1) is 21.0. The van der Waals surface area contributed by atoms with Crippen molar-refractivity contribution in [2.24, 2.45) is 5.92 Å². The van der Waals surface area contributed by atoms with Gasteiger partial charge in [0.1, 0.15) is 5.75 Å². The highest BCUT2D eigenvalue weighted by Gasteiger charge is 2.36. The van der Waals surface area contributed by atoms with E-state index in [1.54, 1.807) is 6.07 Å². The molecule has 1 aromatic carbocycles. The zero-order valence-electron chi connectivity index (χ0n) is 17.3. The molecule has 3 rings (SSSR count). The summed E-state index contributed by atoms with van der Waals surface area (Å²) in [5, 5.41) is 2.98. The molecule has 0 aromatic heterocycles. The van der Waals surface area contributed by atoms with Crippen LogP contribution in [0.2, 0.25) is 0 Å². The van der Waals surface area contributed by atoms with Crippen molar-refractivity contribution in [2.45, 2.75) is 64.4 Å². The molecule has 28 heavy (non-hydrogen) atoms. The van der Waals surface area contributed by atoms with Crippen molar-refractivity contribution in [2.75, 3.05) is 23.7 Å². The molecule has 1 saturated carbocycles. The predicted molar refractivity (Wildman–Crippen MR) is 111 cm³/mol. The number of fused-ring (bicyclic) bond motifs is 1. The van der Waals surface area contributed by atoms with Gasteiger partial charge in [-0.3, -0.25) is 9.10 Å². The summed E-state index contributed by atoms with van der Waals surface area (Å²) in [4.78, 5) is 12.7. The monoisotopic (exact) mass is 408 g/mol. The lowest BCUT2D eigenvalue weighted by Crippen LogP contribution is -2.51. The van der Waals surface area contributed by atoms with Gasteiger partial charge in [-0.1, -0.05) is 46.1 Å². The first-order valence-corrected chi connectivity index (χ1v) is 12.0. The molecule has 1 amide bonds. The molecule has 7 heteroatoms. The molecule has 1 heterocycles. The van der Waals surface area contributed by atoms with Gasteiger partial charge in [-0.05, 0) is 41.9 Å². The lowest BCUT2D eigenvalue weighted by atomic mass is 9.86. The Labute approximate surface area is 168 Å². The number of rotatable bonds is 4. The molecule has 1 aliphatic carbocycles. The van der Waals surface area contributed by atoms with Gasteiger partial charge < -0.3 is 10.1 Å². The average Bonchev–Trinajstić information content (AvgIpc) is 2.64. The minimum atomic E-state index is -3.53. The van der Waals surface area contributed by atoms with Crippen LogP contribution in [0, 0.1) is 5.92 Å². The number of amides is 1. The molecule has 1 fully saturated rings. The molecule has 0 radical (unpaired) electrons. The van der Waals surface area contributed by atoms with Crippen molar-refractivity contribution < 1.29 is 17.9 Å². The number of hydrogen-bond donors (Lipinski definition) is 1. The number of benzene rings is 1. The van der Waals surface area contributed by atoms with E-state index < -0.39 is 16.1 Å². The Morgan fingerprint density at radius 3 is 2.50 bits per heavy atom. The maximum absolute atomic E-state index is 12.7. The number of nitrogens with one attached hydrogen (secondary N) is 1. The van der Waals surface area contributed by atoms with Crippen LogP contribution in [-0.2, 0) is 20.2 Å². The van der Waals surface area contributed by atoms with Gasteiger partial charge in [-0.25, -0.2) is 8.42 Å². The number of hydrogen-bond acceptors (Lipinski definition) is 4. The summed E-state index contributed by atoms with van der Waals surface area (Å²) in [6.45, 7) is 6.85. The Morgan fingerprint density at radius 1 is 1.21 bits per heavy atom.